The number of carbonyl (C=O) groups is 1. The second-order valence-electron chi connectivity index (χ2n) is 12.2. The van der Waals surface area contributed by atoms with Crippen molar-refractivity contribution >= 4 is 5.97 Å². The largest absolute Gasteiger partial charge is 0.486 e. The van der Waals surface area contributed by atoms with E-state index in [9.17, 15) is 13.6 Å². The predicted octanol–water partition coefficient (Wildman–Crippen LogP) is 9.43. The molecule has 0 heterocycles. The van der Waals surface area contributed by atoms with Crippen LogP contribution in [0.15, 0.2) is 24.8 Å². The van der Waals surface area contributed by atoms with Gasteiger partial charge in [0.25, 0.3) is 0 Å². The molecule has 3 aliphatic rings. The highest BCUT2D eigenvalue weighted by atomic mass is 19.2. The molecular weight excluding hydrogens is 482 g/mol. The Hall–Kier alpha value is -1.91. The minimum absolute atomic E-state index is 0.0716. The van der Waals surface area contributed by atoms with E-state index < -0.39 is 17.6 Å². The topological polar surface area (TPSA) is 35.5 Å². The number of hydrogen-bond acceptors (Lipinski definition) is 3. The van der Waals surface area contributed by atoms with Crippen LogP contribution in [0.5, 0.6) is 11.5 Å². The number of benzene rings is 1. The lowest BCUT2D eigenvalue weighted by Crippen LogP contribution is -2.40. The summed E-state index contributed by atoms with van der Waals surface area (Å²) in [6.45, 7) is 5.86. The molecule has 5 heteroatoms. The lowest BCUT2D eigenvalue weighted by atomic mass is 9.59. The third kappa shape index (κ3) is 7.39. The fourth-order valence-corrected chi connectivity index (χ4v) is 7.74. The van der Waals surface area contributed by atoms with Gasteiger partial charge in [0, 0.05) is 0 Å². The summed E-state index contributed by atoms with van der Waals surface area (Å²) < 4.78 is 39.6. The van der Waals surface area contributed by atoms with E-state index in [-0.39, 0.29) is 24.0 Å². The molecule has 4 rings (SSSR count). The summed E-state index contributed by atoms with van der Waals surface area (Å²) in [5.41, 5.74) is 0. The summed E-state index contributed by atoms with van der Waals surface area (Å²) in [4.78, 5) is 13.2. The number of halogens is 2. The van der Waals surface area contributed by atoms with Gasteiger partial charge in [0.05, 0.1) is 5.92 Å². The number of unbranched alkanes of at least 4 members (excludes halogenated alkanes) is 4. The Morgan fingerprint density at radius 1 is 0.895 bits per heavy atom. The van der Waals surface area contributed by atoms with Crippen molar-refractivity contribution in [2.75, 3.05) is 6.61 Å². The van der Waals surface area contributed by atoms with Gasteiger partial charge >= 0.3 is 5.97 Å². The monoisotopic (exact) mass is 530 g/mol. The first-order valence-corrected chi connectivity index (χ1v) is 15.4. The lowest BCUT2D eigenvalue weighted by molar-refractivity contribution is -0.144. The molecular formula is C33H48F2O3. The van der Waals surface area contributed by atoms with Crippen molar-refractivity contribution in [2.24, 2.45) is 35.5 Å². The van der Waals surface area contributed by atoms with E-state index in [1.807, 2.05) is 0 Å². The first-order chi connectivity index (χ1) is 18.5. The molecule has 4 unspecified atom stereocenters. The average molecular weight is 531 g/mol. The van der Waals surface area contributed by atoms with Crippen molar-refractivity contribution in [1.82, 2.24) is 0 Å². The number of hydrogen-bond donors (Lipinski definition) is 0. The van der Waals surface area contributed by atoms with Crippen molar-refractivity contribution in [3.63, 3.8) is 0 Å². The highest BCUT2D eigenvalue weighted by Crippen LogP contribution is 2.50. The van der Waals surface area contributed by atoms with Gasteiger partial charge in [-0.15, -0.1) is 0 Å². The number of rotatable bonds is 12. The Kier molecular flexibility index (Phi) is 11.1. The van der Waals surface area contributed by atoms with Crippen LogP contribution >= 0.6 is 0 Å². The van der Waals surface area contributed by atoms with Crippen LogP contribution in [-0.4, -0.2) is 12.6 Å². The van der Waals surface area contributed by atoms with E-state index in [2.05, 4.69) is 13.5 Å². The first-order valence-electron chi connectivity index (χ1n) is 15.4. The normalized spacial score (nSPS) is 29.3. The zero-order valence-electron chi connectivity index (χ0n) is 23.4. The van der Waals surface area contributed by atoms with Gasteiger partial charge in [-0.25, -0.2) is 0 Å². The Labute approximate surface area is 228 Å². The predicted molar refractivity (Wildman–Crippen MR) is 148 cm³/mol. The maximum Gasteiger partial charge on any atom is 0.314 e. The van der Waals surface area contributed by atoms with E-state index in [1.165, 1.54) is 102 Å². The molecule has 0 aromatic heterocycles. The fraction of sp³-hybridized carbons (Fsp3) is 0.727. The third-order valence-corrected chi connectivity index (χ3v) is 9.84. The van der Waals surface area contributed by atoms with Crippen LogP contribution in [0.1, 0.15) is 110 Å². The van der Waals surface area contributed by atoms with Crippen molar-refractivity contribution in [2.45, 2.75) is 110 Å². The Bertz CT molecular complexity index is 908. The number of esters is 1. The molecule has 3 nitrogen and oxygen atoms in total. The zero-order chi connectivity index (χ0) is 26.9. The molecule has 0 spiro atoms. The maximum absolute atomic E-state index is 14.6. The van der Waals surface area contributed by atoms with Gasteiger partial charge in [-0.1, -0.05) is 83.8 Å². The molecule has 38 heavy (non-hydrogen) atoms. The van der Waals surface area contributed by atoms with Crippen LogP contribution in [-0.2, 0) is 4.79 Å². The molecule has 0 radical (unpaired) electrons. The van der Waals surface area contributed by atoms with Crippen molar-refractivity contribution in [1.29, 1.82) is 0 Å². The highest BCUT2D eigenvalue weighted by Gasteiger charge is 2.43. The van der Waals surface area contributed by atoms with Crippen LogP contribution in [0.2, 0.25) is 0 Å². The Morgan fingerprint density at radius 3 is 2.37 bits per heavy atom. The van der Waals surface area contributed by atoms with Gasteiger partial charge in [-0.05, 0) is 80.2 Å². The number of fused-ring (bicyclic) bond motifs is 1. The molecule has 0 aliphatic heterocycles. The third-order valence-electron chi connectivity index (χ3n) is 9.84. The molecule has 3 aliphatic carbocycles. The maximum atomic E-state index is 14.6. The molecule has 0 bridgehead atoms. The molecule has 0 N–H and O–H groups in total. The van der Waals surface area contributed by atoms with Gasteiger partial charge in [0.2, 0.25) is 11.6 Å². The van der Waals surface area contributed by atoms with E-state index in [0.717, 1.165) is 37.0 Å². The highest BCUT2D eigenvalue weighted by molar-refractivity contribution is 5.75. The summed E-state index contributed by atoms with van der Waals surface area (Å²) in [6, 6.07) is 2.59. The minimum Gasteiger partial charge on any atom is -0.486 e. The molecule has 3 fully saturated rings. The summed E-state index contributed by atoms with van der Waals surface area (Å²) in [5.74, 6) is -0.0835. The minimum atomic E-state index is -1.17. The number of ether oxygens (including phenoxy) is 2. The van der Waals surface area contributed by atoms with Gasteiger partial charge in [0.15, 0.2) is 11.5 Å². The van der Waals surface area contributed by atoms with Crippen LogP contribution in [0.25, 0.3) is 0 Å². The van der Waals surface area contributed by atoms with Gasteiger partial charge in [-0.2, -0.15) is 8.78 Å². The van der Waals surface area contributed by atoms with E-state index in [4.69, 9.17) is 9.47 Å². The summed E-state index contributed by atoms with van der Waals surface area (Å²) >= 11 is 0. The zero-order valence-corrected chi connectivity index (χ0v) is 23.4. The summed E-state index contributed by atoms with van der Waals surface area (Å²) in [5, 5.41) is 0. The molecule has 3 saturated carbocycles. The Balaban J connectivity index is 1.26. The number of carbonyl (C=O) groups excluding carboxylic acids is 1. The van der Waals surface area contributed by atoms with Crippen LogP contribution in [0.4, 0.5) is 8.78 Å². The molecule has 0 saturated heterocycles. The van der Waals surface area contributed by atoms with Crippen molar-refractivity contribution in [3.8, 4) is 11.5 Å². The standard InChI is InChI=1S/C33H48F2O3/c1-3-5-6-7-8-10-23-13-15-24(16-14-23)25-17-18-27-26(22-25)11-9-12-28(27)33(36)38-30-20-19-29(37-21-4-2)31(34)32(30)35/h4,19-20,23-28H,2-3,5-18,21-22H2,1H3. The lowest BCUT2D eigenvalue weighted by Gasteiger charge is -2.46. The molecule has 4 atom stereocenters. The second-order valence-corrected chi connectivity index (χ2v) is 12.2. The van der Waals surface area contributed by atoms with Gasteiger partial charge in [0.1, 0.15) is 6.61 Å². The van der Waals surface area contributed by atoms with Crippen LogP contribution < -0.4 is 9.47 Å². The molecule has 212 valence electrons. The Morgan fingerprint density at radius 2 is 1.61 bits per heavy atom. The van der Waals surface area contributed by atoms with Crippen molar-refractivity contribution < 1.29 is 23.0 Å². The van der Waals surface area contributed by atoms with Crippen LogP contribution in [0, 0.1) is 47.1 Å². The van der Waals surface area contributed by atoms with Crippen molar-refractivity contribution in [3.05, 3.63) is 36.4 Å². The van der Waals surface area contributed by atoms with Crippen LogP contribution in [0.3, 0.4) is 0 Å². The first kappa shape index (κ1) is 29.1. The molecule has 1 aromatic rings. The summed E-state index contributed by atoms with van der Waals surface area (Å²) in [6.07, 6.45) is 21.8. The average Bonchev–Trinajstić information content (AvgIpc) is 2.94. The fourth-order valence-electron chi connectivity index (χ4n) is 7.74. The second kappa shape index (κ2) is 14.5. The van der Waals surface area contributed by atoms with E-state index in [1.54, 1.807) is 0 Å². The molecule has 1 aromatic carbocycles. The SMILES string of the molecule is C=CCOc1ccc(OC(=O)C2CCCC3CC(C4CCC(CCCCCCC)CC4)CCC32)c(F)c1F. The quantitative estimate of drug-likeness (QED) is 0.117. The van der Waals surface area contributed by atoms with E-state index in [0.29, 0.717) is 11.8 Å². The van der Waals surface area contributed by atoms with Gasteiger partial charge in [-0.3, -0.25) is 4.79 Å². The summed E-state index contributed by atoms with van der Waals surface area (Å²) in [7, 11) is 0. The van der Waals surface area contributed by atoms with Gasteiger partial charge < -0.3 is 9.47 Å². The molecule has 0 amide bonds. The smallest absolute Gasteiger partial charge is 0.314 e. The van der Waals surface area contributed by atoms with E-state index >= 15 is 0 Å².